The molecule has 0 amide bonds. The molecule has 0 N–H and O–H groups in total. The highest BCUT2D eigenvalue weighted by atomic mass is 16.5. The zero-order chi connectivity index (χ0) is 15.8. The number of hydrogen-bond acceptors (Lipinski definition) is 1. The second-order valence-corrected chi connectivity index (χ2v) is 7.68. The van der Waals surface area contributed by atoms with Gasteiger partial charge in [-0.3, -0.25) is 0 Å². The van der Waals surface area contributed by atoms with E-state index in [9.17, 15) is 0 Å². The molecule has 0 bridgehead atoms. The zero-order valence-electron chi connectivity index (χ0n) is 14.1. The van der Waals surface area contributed by atoms with Crippen LogP contribution in [0, 0.1) is 0 Å². The summed E-state index contributed by atoms with van der Waals surface area (Å²) in [5.74, 6) is 0.485. The first kappa shape index (κ1) is 15.3. The van der Waals surface area contributed by atoms with Gasteiger partial charge >= 0.3 is 0 Å². The third-order valence-corrected chi connectivity index (χ3v) is 4.87. The normalized spacial score (nSPS) is 25.4. The molecule has 1 aliphatic rings. The summed E-state index contributed by atoms with van der Waals surface area (Å²) in [4.78, 5) is 0. The first-order valence-corrected chi connectivity index (χ1v) is 8.18. The summed E-state index contributed by atoms with van der Waals surface area (Å²) < 4.78 is 6.19. The lowest BCUT2D eigenvalue weighted by Crippen LogP contribution is -2.19. The standard InChI is InChI=1S/C21H26O/c1-20(2,3)18-12-10-16(11-13-18)17-14-21(4,22-15-17)19-8-6-5-7-9-19/h5-13,17H,14-15H2,1-4H3/t17-,21-/m1/s1. The van der Waals surface area contributed by atoms with Crippen LogP contribution >= 0.6 is 0 Å². The maximum atomic E-state index is 6.19. The number of ether oxygens (including phenoxy) is 1. The molecule has 2 atom stereocenters. The van der Waals surface area contributed by atoms with Crippen molar-refractivity contribution in [3.05, 3.63) is 71.3 Å². The molecular weight excluding hydrogens is 268 g/mol. The zero-order valence-corrected chi connectivity index (χ0v) is 14.1. The molecule has 1 aliphatic heterocycles. The highest BCUT2D eigenvalue weighted by Gasteiger charge is 2.38. The topological polar surface area (TPSA) is 9.23 Å². The van der Waals surface area contributed by atoms with Crippen molar-refractivity contribution >= 4 is 0 Å². The first-order chi connectivity index (χ1) is 10.4. The monoisotopic (exact) mass is 294 g/mol. The molecule has 1 saturated heterocycles. The fourth-order valence-corrected chi connectivity index (χ4v) is 3.33. The summed E-state index contributed by atoms with van der Waals surface area (Å²) in [6, 6.07) is 19.7. The molecule has 0 saturated carbocycles. The first-order valence-electron chi connectivity index (χ1n) is 8.18. The Kier molecular flexibility index (Phi) is 3.86. The van der Waals surface area contributed by atoms with E-state index in [2.05, 4.69) is 82.3 Å². The van der Waals surface area contributed by atoms with Crippen LogP contribution in [0.25, 0.3) is 0 Å². The second-order valence-electron chi connectivity index (χ2n) is 7.68. The summed E-state index contributed by atoms with van der Waals surface area (Å²) in [7, 11) is 0. The van der Waals surface area contributed by atoms with Gasteiger partial charge in [0.25, 0.3) is 0 Å². The minimum absolute atomic E-state index is 0.158. The Morgan fingerprint density at radius 1 is 0.955 bits per heavy atom. The van der Waals surface area contributed by atoms with Crippen molar-refractivity contribution in [1.29, 1.82) is 0 Å². The average Bonchev–Trinajstić information content (AvgIpc) is 2.91. The maximum Gasteiger partial charge on any atom is 0.0910 e. The molecule has 0 unspecified atom stereocenters. The third kappa shape index (κ3) is 2.96. The van der Waals surface area contributed by atoms with Crippen molar-refractivity contribution in [2.45, 2.75) is 51.0 Å². The molecule has 0 aromatic heterocycles. The van der Waals surface area contributed by atoms with Gasteiger partial charge < -0.3 is 4.74 Å². The van der Waals surface area contributed by atoms with Crippen LogP contribution in [-0.2, 0) is 15.8 Å². The molecule has 1 nitrogen and oxygen atoms in total. The Labute approximate surface area is 134 Å². The molecule has 1 heteroatoms. The van der Waals surface area contributed by atoms with Crippen molar-refractivity contribution < 1.29 is 4.74 Å². The Bertz CT molecular complexity index is 621. The predicted octanol–water partition coefficient (Wildman–Crippen LogP) is 5.40. The lowest BCUT2D eigenvalue weighted by Gasteiger charge is -2.24. The predicted molar refractivity (Wildman–Crippen MR) is 92.2 cm³/mol. The van der Waals surface area contributed by atoms with Gasteiger partial charge in [-0.05, 0) is 35.4 Å². The van der Waals surface area contributed by atoms with Gasteiger partial charge in [-0.2, -0.15) is 0 Å². The highest BCUT2D eigenvalue weighted by molar-refractivity contribution is 5.32. The van der Waals surface area contributed by atoms with Crippen LogP contribution in [0.2, 0.25) is 0 Å². The quantitative estimate of drug-likeness (QED) is 0.720. The molecule has 0 spiro atoms. The van der Waals surface area contributed by atoms with E-state index in [1.165, 1.54) is 16.7 Å². The van der Waals surface area contributed by atoms with Crippen LogP contribution in [0.1, 0.15) is 56.7 Å². The molecule has 2 aromatic rings. The number of rotatable bonds is 2. The average molecular weight is 294 g/mol. The van der Waals surface area contributed by atoms with E-state index in [4.69, 9.17) is 4.74 Å². The number of benzene rings is 2. The van der Waals surface area contributed by atoms with E-state index < -0.39 is 0 Å². The SMILES string of the molecule is CC(C)(C)c1ccc([C@H]2CO[C@@](C)(c3ccccc3)C2)cc1. The van der Waals surface area contributed by atoms with Gasteiger partial charge in [-0.15, -0.1) is 0 Å². The van der Waals surface area contributed by atoms with Gasteiger partial charge in [-0.25, -0.2) is 0 Å². The number of hydrogen-bond donors (Lipinski definition) is 0. The van der Waals surface area contributed by atoms with Crippen molar-refractivity contribution in [2.24, 2.45) is 0 Å². The molecule has 1 fully saturated rings. The maximum absolute atomic E-state index is 6.19. The summed E-state index contributed by atoms with van der Waals surface area (Å²) in [5, 5.41) is 0. The summed E-state index contributed by atoms with van der Waals surface area (Å²) in [6.45, 7) is 9.79. The largest absolute Gasteiger partial charge is 0.370 e. The lowest BCUT2D eigenvalue weighted by atomic mass is 9.83. The molecule has 2 aromatic carbocycles. The van der Waals surface area contributed by atoms with Crippen molar-refractivity contribution in [3.63, 3.8) is 0 Å². The Morgan fingerprint density at radius 3 is 2.18 bits per heavy atom. The van der Waals surface area contributed by atoms with E-state index >= 15 is 0 Å². The van der Waals surface area contributed by atoms with Gasteiger partial charge in [0.05, 0.1) is 12.2 Å². The Morgan fingerprint density at radius 2 is 1.59 bits per heavy atom. The molecule has 3 rings (SSSR count). The van der Waals surface area contributed by atoms with Crippen LogP contribution in [0.5, 0.6) is 0 Å². The van der Waals surface area contributed by atoms with Gasteiger partial charge in [0.15, 0.2) is 0 Å². The third-order valence-electron chi connectivity index (χ3n) is 4.87. The second kappa shape index (κ2) is 5.55. The molecule has 0 radical (unpaired) electrons. The summed E-state index contributed by atoms with van der Waals surface area (Å²) >= 11 is 0. The fraction of sp³-hybridized carbons (Fsp3) is 0.429. The minimum atomic E-state index is -0.158. The van der Waals surface area contributed by atoms with Gasteiger partial charge in [0, 0.05) is 5.92 Å². The van der Waals surface area contributed by atoms with Crippen LogP contribution in [-0.4, -0.2) is 6.61 Å². The van der Waals surface area contributed by atoms with Crippen LogP contribution in [0.4, 0.5) is 0 Å². The smallest absolute Gasteiger partial charge is 0.0910 e. The van der Waals surface area contributed by atoms with E-state index in [0.717, 1.165) is 13.0 Å². The van der Waals surface area contributed by atoms with Gasteiger partial charge in [-0.1, -0.05) is 75.4 Å². The van der Waals surface area contributed by atoms with Crippen LogP contribution < -0.4 is 0 Å². The molecule has 116 valence electrons. The van der Waals surface area contributed by atoms with Crippen LogP contribution in [0.3, 0.4) is 0 Å². The van der Waals surface area contributed by atoms with Crippen molar-refractivity contribution in [2.75, 3.05) is 6.61 Å². The van der Waals surface area contributed by atoms with Crippen LogP contribution in [0.15, 0.2) is 54.6 Å². The summed E-state index contributed by atoms with van der Waals surface area (Å²) in [6.07, 6.45) is 1.05. The Balaban J connectivity index is 1.78. The van der Waals surface area contributed by atoms with E-state index in [1.54, 1.807) is 0 Å². The highest BCUT2D eigenvalue weighted by Crippen LogP contribution is 2.43. The fourth-order valence-electron chi connectivity index (χ4n) is 3.33. The van der Waals surface area contributed by atoms with Crippen molar-refractivity contribution in [3.8, 4) is 0 Å². The van der Waals surface area contributed by atoms with E-state index in [1.807, 2.05) is 0 Å². The van der Waals surface area contributed by atoms with E-state index in [-0.39, 0.29) is 11.0 Å². The minimum Gasteiger partial charge on any atom is -0.370 e. The molecule has 0 aliphatic carbocycles. The Hall–Kier alpha value is -1.60. The molecule has 22 heavy (non-hydrogen) atoms. The van der Waals surface area contributed by atoms with Crippen molar-refractivity contribution in [1.82, 2.24) is 0 Å². The van der Waals surface area contributed by atoms with Gasteiger partial charge in [0.2, 0.25) is 0 Å². The van der Waals surface area contributed by atoms with Gasteiger partial charge in [0.1, 0.15) is 0 Å². The molecule has 1 heterocycles. The summed E-state index contributed by atoms with van der Waals surface area (Å²) in [5.41, 5.74) is 4.12. The van der Waals surface area contributed by atoms with E-state index in [0.29, 0.717) is 5.92 Å². The molecular formula is C21H26O. The lowest BCUT2D eigenvalue weighted by molar-refractivity contribution is 0.0164.